The predicted molar refractivity (Wildman–Crippen MR) is 475 cm³/mol. The van der Waals surface area contributed by atoms with Crippen LogP contribution in [0.2, 0.25) is 0 Å². The number of nitrogens with zero attached hydrogens (tertiary/aromatic N) is 12. The summed E-state index contributed by atoms with van der Waals surface area (Å²) in [4.78, 5) is 80.9. The molecule has 2 N–H and O–H groups in total. The second-order valence-electron chi connectivity index (χ2n) is 26.3. The molecule has 0 unspecified atom stereocenters. The van der Waals surface area contributed by atoms with Crippen LogP contribution in [0, 0.1) is 27.1 Å². The monoisotopic (exact) mass is 1890 g/mol. The molecule has 0 atom stereocenters. The Balaban J connectivity index is 0.000000220. The number of fused-ring (bicyclic) bond motifs is 6. The van der Waals surface area contributed by atoms with Crippen LogP contribution in [0.25, 0.3) is 120 Å². The van der Waals surface area contributed by atoms with Crippen LogP contribution in [0.5, 0.6) is 11.5 Å². The van der Waals surface area contributed by atoms with E-state index in [2.05, 4.69) is 248 Å². The Morgan fingerprint density at radius 2 is 0.777 bits per heavy atom. The average Bonchev–Trinajstić information content (AvgIpc) is 1.57. The summed E-state index contributed by atoms with van der Waals surface area (Å²) in [5.41, 5.74) is 21.2. The number of hydrogen-bond acceptors (Lipinski definition) is 22. The Labute approximate surface area is 754 Å². The van der Waals surface area contributed by atoms with Crippen molar-refractivity contribution in [3.63, 3.8) is 0 Å². The molecule has 2 aliphatic rings. The molecule has 14 aromatic rings. The molecule has 20 nitrogen and oxygen atoms in total. The molecule has 29 heteroatoms. The summed E-state index contributed by atoms with van der Waals surface area (Å²) in [5.74, 6) is -1.76. The molecule has 0 fully saturated rings. The number of thiocyanates is 2. The molecule has 16 rings (SSSR count). The van der Waals surface area contributed by atoms with Gasteiger partial charge in [-0.15, -0.1) is 22.7 Å². The van der Waals surface area contributed by atoms with Crippen LogP contribution in [0.15, 0.2) is 262 Å². The van der Waals surface area contributed by atoms with Gasteiger partial charge < -0.3 is 55.8 Å². The molecule has 606 valence electrons. The third-order valence-electron chi connectivity index (χ3n) is 18.9. The number of rotatable bonds is 20. The van der Waals surface area contributed by atoms with E-state index in [1.165, 1.54) is 222 Å². The number of isothiocyanates is 2. The normalized spacial score (nSPS) is 11.0. The van der Waals surface area contributed by atoms with Gasteiger partial charge in [-0.3, -0.25) is 49.5 Å². The summed E-state index contributed by atoms with van der Waals surface area (Å²) in [5, 5.41) is 51.6. The molecule has 0 saturated carbocycles. The van der Waals surface area contributed by atoms with E-state index in [0.717, 1.165) is 21.8 Å². The van der Waals surface area contributed by atoms with Crippen LogP contribution in [0.1, 0.15) is 109 Å². The van der Waals surface area contributed by atoms with E-state index >= 15 is 0 Å². The van der Waals surface area contributed by atoms with Gasteiger partial charge in [0.25, 0.3) is 12.9 Å². The van der Waals surface area contributed by atoms with Gasteiger partial charge in [0, 0.05) is 98.1 Å². The molecule has 4 aromatic carbocycles. The van der Waals surface area contributed by atoms with E-state index in [1.54, 1.807) is 23.1 Å². The van der Waals surface area contributed by atoms with E-state index in [4.69, 9.17) is 31.6 Å². The maximum atomic E-state index is 13.6. The standard InChI is InChI=1S/C35H34N2S.C29H21FN2S.2C12H8N2O4.2CHNS.2CNS.2Ru/c1-3-5-19-35(20-6-4-2)29-12-8-7-11-27(29)28-15-14-25(23-30(28)35)33-16-17-34(38-33)26-18-22-37-32(24-26)31-13-9-10-21-36-31;1-29(2)23-6-4-3-5-21(23)22-8-7-18(15-24(22)29)27-9-10-28(33-27)19-11-13-31-25(16-19)26-17-20(30)12-14-32-26;2*15-7-18-9-2-4-14-11(6-9)10-5-8(12(16)17)1-3-13-10;4*2-1-3;;/h7-18,21-24H,3-6,19-20H2,1-2H3;3-17H,1-2H3;2*1-7H,(H,16,17);2*3H;;;;/q;;;;;;2*-1;2*+2/p-2. The van der Waals surface area contributed by atoms with Gasteiger partial charge in [-0.2, -0.15) is 10.3 Å². The second kappa shape index (κ2) is 48.0. The fourth-order valence-electron chi connectivity index (χ4n) is 13.7. The summed E-state index contributed by atoms with van der Waals surface area (Å²) >= 11 is 18.4. The summed E-state index contributed by atoms with van der Waals surface area (Å²) in [6, 6.07) is 69.3. The van der Waals surface area contributed by atoms with Gasteiger partial charge in [-0.05, 0) is 195 Å². The molecular weight excluding hydrogens is 1810 g/mol. The number of carboxylic acid groups (broad SMARTS) is 2. The van der Waals surface area contributed by atoms with Gasteiger partial charge in [0.2, 0.25) is 0 Å². The zero-order valence-electron chi connectivity index (χ0n) is 65.0. The molecule has 0 radical (unpaired) electrons. The number of thiocarbonyl (C=S) groups is 2. The molecule has 2 aliphatic carbocycles. The van der Waals surface area contributed by atoms with Gasteiger partial charge in [-0.25, -0.2) is 24.5 Å². The fourth-order valence-corrected chi connectivity index (χ4v) is 15.7. The third kappa shape index (κ3) is 24.9. The molecule has 0 amide bonds. The van der Waals surface area contributed by atoms with Crippen molar-refractivity contribution in [3.05, 3.63) is 312 Å². The Morgan fingerprint density at radius 1 is 0.438 bits per heavy atom. The van der Waals surface area contributed by atoms with Crippen molar-refractivity contribution >= 4 is 108 Å². The molecule has 10 heterocycles. The molecule has 0 spiro atoms. The largest absolute Gasteiger partial charge is 2.00 e. The molecule has 10 aromatic heterocycles. The third-order valence-corrected chi connectivity index (χ3v) is 21.3. The van der Waals surface area contributed by atoms with Crippen LogP contribution < -0.4 is 9.47 Å². The minimum atomic E-state index is -1.04. The molecule has 0 aliphatic heterocycles. The number of unbranched alkanes of at least 4 members (excludes halogenated alkanes) is 2. The van der Waals surface area contributed by atoms with Crippen LogP contribution in [-0.2, 0) is 84.6 Å². The van der Waals surface area contributed by atoms with Gasteiger partial charge in [0.15, 0.2) is 0 Å². The number of carbonyl (C=O) groups excluding carboxylic acids is 2. The van der Waals surface area contributed by atoms with Crippen molar-refractivity contribution in [3.8, 4) is 132 Å². The van der Waals surface area contributed by atoms with Gasteiger partial charge in [0.1, 0.15) is 17.3 Å². The fraction of sp³-hybridized carbons (Fsp3) is 0.130. The number of carbonyl (C=O) groups is 4. The number of aromatic nitrogens is 8. The van der Waals surface area contributed by atoms with Crippen molar-refractivity contribution in [1.82, 2.24) is 39.9 Å². The average molecular weight is 1890 g/mol. The second-order valence-corrected chi connectivity index (χ2v) is 29.2. The number of ether oxygens (including phenoxy) is 2. The Morgan fingerprint density at radius 3 is 1.20 bits per heavy atom. The minimum Gasteiger partial charge on any atom is -0.753 e. The topological polar surface area (TPSA) is 322 Å². The SMILES string of the molecule is CC1(C)c2ccccc2-c2ccc(-c3ccc(-c4ccnc(-c5cc(F)ccn5)c4)s3)cc21.CCCCC1(CCCC)c2ccccc2-c2ccc(-c3ccc(-c4ccnc(-c5ccccn5)c4)s3)cc21.N#C[S-].N#C[S-].O=COc1ccnc(-c2cc(C(=O)O)ccn2)c1.O=COc1ccnc(-c2cc(C(=O)O)ccn2)c1.[N-]=C=S.[N-]=C=S.[Ru+2].[Ru+2]. The smallest absolute Gasteiger partial charge is 0.753 e. The van der Waals surface area contributed by atoms with Crippen molar-refractivity contribution in [2.75, 3.05) is 0 Å². The quantitative estimate of drug-likeness (QED) is 0.0179. The zero-order chi connectivity index (χ0) is 85.3. The number of benzene rings is 4. The molecular formula is C92H71FN12O8Ru2S6. The number of hydrogen-bond donors (Lipinski definition) is 2. The number of pyridine rings is 8. The van der Waals surface area contributed by atoms with E-state index in [-0.39, 0.29) is 66.7 Å². The first-order valence-corrected chi connectivity index (χ1v) is 39.8. The number of halogens is 1. The van der Waals surface area contributed by atoms with Crippen LogP contribution >= 0.6 is 47.1 Å². The number of thiophene rings is 2. The molecule has 121 heavy (non-hydrogen) atoms. The van der Waals surface area contributed by atoms with Crippen molar-refractivity contribution in [2.24, 2.45) is 0 Å². The Hall–Kier alpha value is -12.4. The van der Waals surface area contributed by atoms with Gasteiger partial charge in [-0.1, -0.05) is 167 Å². The van der Waals surface area contributed by atoms with Gasteiger partial charge in [0.05, 0.1) is 56.7 Å². The predicted octanol–water partition coefficient (Wildman–Crippen LogP) is 22.3. The molecule has 0 saturated heterocycles. The number of aromatic carboxylic acids is 2. The summed E-state index contributed by atoms with van der Waals surface area (Å²) in [6.07, 6.45) is 20.0. The minimum absolute atomic E-state index is 0. The van der Waals surface area contributed by atoms with E-state index in [0.29, 0.717) is 58.6 Å². The van der Waals surface area contributed by atoms with Crippen molar-refractivity contribution < 1.29 is 82.2 Å². The van der Waals surface area contributed by atoms with E-state index < -0.39 is 11.9 Å². The first-order valence-electron chi connectivity index (χ1n) is 36.5. The molecule has 0 bridgehead atoms. The first-order chi connectivity index (χ1) is 57.8. The maximum Gasteiger partial charge on any atom is 2.00 e. The maximum absolute atomic E-state index is 13.6. The number of nitriles is 2. The zero-order valence-corrected chi connectivity index (χ0v) is 73.3. The van der Waals surface area contributed by atoms with Crippen molar-refractivity contribution in [1.29, 1.82) is 10.5 Å². The van der Waals surface area contributed by atoms with Gasteiger partial charge >= 0.3 is 50.9 Å². The van der Waals surface area contributed by atoms with E-state index in [9.17, 15) is 23.6 Å². The summed E-state index contributed by atoms with van der Waals surface area (Å²) < 4.78 is 23.0. The Kier molecular flexibility index (Phi) is 37.9. The number of carboxylic acids is 2. The Bertz CT molecular complexity index is 5920. The summed E-state index contributed by atoms with van der Waals surface area (Å²) in [7, 11) is 0. The van der Waals surface area contributed by atoms with Crippen molar-refractivity contribution in [2.45, 2.75) is 77.0 Å². The van der Waals surface area contributed by atoms with Crippen LogP contribution in [-0.4, -0.2) is 85.3 Å². The van der Waals surface area contributed by atoms with Crippen LogP contribution in [0.4, 0.5) is 4.39 Å². The van der Waals surface area contributed by atoms with E-state index in [1.807, 2.05) is 54.1 Å². The summed E-state index contributed by atoms with van der Waals surface area (Å²) in [6.45, 7) is 9.86. The van der Waals surface area contributed by atoms with Crippen LogP contribution in [0.3, 0.4) is 0 Å². The first kappa shape index (κ1) is 95.7.